The Kier molecular flexibility index (Phi) is 3.33. The number of nitrogens with one attached hydrogen (secondary N) is 2. The highest BCUT2D eigenvalue weighted by Gasteiger charge is 1.98. The van der Waals surface area contributed by atoms with E-state index in [1.54, 1.807) is 16.8 Å². The number of benzene rings is 1. The molecule has 2 N–H and O–H groups in total. The molecular weight excluding hydrogens is 246 g/mol. The number of anilines is 1. The largest absolute Gasteiger partial charge is 0.331 e. The number of nitrogens with zero attached hydrogens (tertiary/aromatic N) is 3. The lowest BCUT2D eigenvalue weighted by Crippen LogP contribution is -2.26. The molecular formula is C9H8ClN5S. The molecule has 1 aromatic heterocycles. The van der Waals surface area contributed by atoms with Crippen LogP contribution in [0.15, 0.2) is 36.9 Å². The Bertz CT molecular complexity index is 484. The molecule has 2 aromatic rings. The van der Waals surface area contributed by atoms with Crippen LogP contribution in [0.2, 0.25) is 5.02 Å². The van der Waals surface area contributed by atoms with Crippen LogP contribution >= 0.6 is 23.8 Å². The van der Waals surface area contributed by atoms with Crippen LogP contribution in [0.1, 0.15) is 0 Å². The minimum Gasteiger partial charge on any atom is -0.331 e. The smallest absolute Gasteiger partial charge is 0.190 e. The van der Waals surface area contributed by atoms with Crippen LogP contribution in [0.3, 0.4) is 0 Å². The van der Waals surface area contributed by atoms with E-state index in [1.165, 1.54) is 12.7 Å². The SMILES string of the molecule is S=C(Nc1cccc(Cl)c1)Nn1cnnc1. The maximum atomic E-state index is 5.84. The lowest BCUT2D eigenvalue weighted by Gasteiger charge is -2.10. The Morgan fingerprint density at radius 1 is 1.31 bits per heavy atom. The van der Waals surface area contributed by atoms with Crippen molar-refractivity contribution in [3.8, 4) is 0 Å². The summed E-state index contributed by atoms with van der Waals surface area (Å²) in [4.78, 5) is 0. The van der Waals surface area contributed by atoms with E-state index in [0.29, 0.717) is 10.1 Å². The van der Waals surface area contributed by atoms with Gasteiger partial charge in [0.05, 0.1) is 0 Å². The van der Waals surface area contributed by atoms with Crippen LogP contribution in [-0.2, 0) is 0 Å². The summed E-state index contributed by atoms with van der Waals surface area (Å²) in [5.41, 5.74) is 3.68. The third kappa shape index (κ3) is 2.91. The van der Waals surface area contributed by atoms with Crippen molar-refractivity contribution >= 4 is 34.6 Å². The van der Waals surface area contributed by atoms with Crippen molar-refractivity contribution in [2.75, 3.05) is 10.7 Å². The molecule has 1 aromatic carbocycles. The van der Waals surface area contributed by atoms with E-state index in [1.807, 2.05) is 12.1 Å². The van der Waals surface area contributed by atoms with Gasteiger partial charge in [-0.1, -0.05) is 17.7 Å². The first-order chi connectivity index (χ1) is 7.74. The van der Waals surface area contributed by atoms with Gasteiger partial charge in [-0.3, -0.25) is 5.43 Å². The average Bonchev–Trinajstić information content (AvgIpc) is 2.70. The first-order valence-corrected chi connectivity index (χ1v) is 5.21. The predicted octanol–water partition coefficient (Wildman–Crippen LogP) is 1.87. The first-order valence-electron chi connectivity index (χ1n) is 4.42. The Balaban J connectivity index is 1.97. The maximum Gasteiger partial charge on any atom is 0.190 e. The summed E-state index contributed by atoms with van der Waals surface area (Å²) in [5.74, 6) is 0. The molecule has 5 nitrogen and oxygen atoms in total. The number of hydrogen-bond donors (Lipinski definition) is 2. The van der Waals surface area contributed by atoms with Gasteiger partial charge < -0.3 is 5.32 Å². The molecule has 2 rings (SSSR count). The van der Waals surface area contributed by atoms with Gasteiger partial charge >= 0.3 is 0 Å². The topological polar surface area (TPSA) is 54.8 Å². The van der Waals surface area contributed by atoms with Crippen LogP contribution in [0.4, 0.5) is 5.69 Å². The van der Waals surface area contributed by atoms with Crippen molar-refractivity contribution in [2.45, 2.75) is 0 Å². The van der Waals surface area contributed by atoms with Crippen LogP contribution < -0.4 is 10.7 Å². The zero-order valence-corrected chi connectivity index (χ0v) is 9.66. The Morgan fingerprint density at radius 2 is 2.06 bits per heavy atom. The molecule has 7 heteroatoms. The molecule has 0 amide bonds. The van der Waals surface area contributed by atoms with Crippen LogP contribution in [0.5, 0.6) is 0 Å². The Morgan fingerprint density at radius 3 is 2.75 bits per heavy atom. The third-order valence-electron chi connectivity index (χ3n) is 1.73. The van der Waals surface area contributed by atoms with Crippen molar-refractivity contribution in [3.05, 3.63) is 41.9 Å². The van der Waals surface area contributed by atoms with Crippen molar-refractivity contribution in [1.82, 2.24) is 14.9 Å². The van der Waals surface area contributed by atoms with Crippen molar-refractivity contribution in [3.63, 3.8) is 0 Å². The molecule has 0 radical (unpaired) electrons. The summed E-state index contributed by atoms with van der Waals surface area (Å²) in [6.45, 7) is 0. The fourth-order valence-electron chi connectivity index (χ4n) is 1.10. The molecule has 0 fully saturated rings. The number of aromatic nitrogens is 3. The molecule has 0 aliphatic heterocycles. The normalized spacial score (nSPS) is 9.81. The standard InChI is InChI=1S/C9H8ClN5S/c10-7-2-1-3-8(4-7)13-9(16)14-15-5-11-12-6-15/h1-6H,(H2,13,14,16). The molecule has 0 saturated carbocycles. The number of rotatable bonds is 2. The van der Waals surface area contributed by atoms with Gasteiger partial charge in [0.15, 0.2) is 5.11 Å². The average molecular weight is 254 g/mol. The van der Waals surface area contributed by atoms with Gasteiger partial charge in [0.1, 0.15) is 12.7 Å². The fourth-order valence-corrected chi connectivity index (χ4v) is 1.51. The second-order valence-electron chi connectivity index (χ2n) is 2.95. The quantitative estimate of drug-likeness (QED) is 0.801. The minimum atomic E-state index is 0.432. The summed E-state index contributed by atoms with van der Waals surface area (Å²) >= 11 is 10.9. The molecule has 16 heavy (non-hydrogen) atoms. The fraction of sp³-hybridized carbons (Fsp3) is 0. The summed E-state index contributed by atoms with van der Waals surface area (Å²) in [7, 11) is 0. The molecule has 0 saturated heterocycles. The van der Waals surface area contributed by atoms with E-state index in [-0.39, 0.29) is 0 Å². The van der Waals surface area contributed by atoms with Gasteiger partial charge in [-0.2, -0.15) is 0 Å². The van der Waals surface area contributed by atoms with Crippen molar-refractivity contribution < 1.29 is 0 Å². The monoisotopic (exact) mass is 253 g/mol. The molecule has 0 aliphatic rings. The molecule has 0 aliphatic carbocycles. The Labute approximate surface area is 102 Å². The number of thiocarbonyl (C=S) groups is 1. The summed E-state index contributed by atoms with van der Waals surface area (Å²) in [6.07, 6.45) is 3.01. The van der Waals surface area contributed by atoms with E-state index in [0.717, 1.165) is 5.69 Å². The summed E-state index contributed by atoms with van der Waals surface area (Å²) in [5, 5.41) is 11.3. The molecule has 0 spiro atoms. The summed E-state index contributed by atoms with van der Waals surface area (Å²) < 4.78 is 1.54. The van der Waals surface area contributed by atoms with Gasteiger partial charge in [-0.05, 0) is 30.4 Å². The third-order valence-corrected chi connectivity index (χ3v) is 2.16. The zero-order chi connectivity index (χ0) is 11.4. The van der Waals surface area contributed by atoms with Crippen molar-refractivity contribution in [1.29, 1.82) is 0 Å². The molecule has 82 valence electrons. The van der Waals surface area contributed by atoms with Crippen LogP contribution in [-0.4, -0.2) is 20.0 Å². The zero-order valence-electron chi connectivity index (χ0n) is 8.09. The minimum absolute atomic E-state index is 0.432. The summed E-state index contributed by atoms with van der Waals surface area (Å²) in [6, 6.07) is 7.28. The molecule has 0 atom stereocenters. The van der Waals surface area contributed by atoms with Crippen LogP contribution in [0, 0.1) is 0 Å². The lowest BCUT2D eigenvalue weighted by molar-refractivity contribution is 0.974. The van der Waals surface area contributed by atoms with E-state index in [4.69, 9.17) is 23.8 Å². The highest BCUT2D eigenvalue weighted by atomic mass is 35.5. The van der Waals surface area contributed by atoms with Gasteiger partial charge in [0.2, 0.25) is 0 Å². The lowest BCUT2D eigenvalue weighted by atomic mass is 10.3. The maximum absolute atomic E-state index is 5.84. The van der Waals surface area contributed by atoms with E-state index < -0.39 is 0 Å². The number of hydrogen-bond acceptors (Lipinski definition) is 3. The second-order valence-corrected chi connectivity index (χ2v) is 3.79. The number of halogens is 1. The Hall–Kier alpha value is -1.66. The van der Waals surface area contributed by atoms with Crippen LogP contribution in [0.25, 0.3) is 0 Å². The van der Waals surface area contributed by atoms with E-state index in [9.17, 15) is 0 Å². The highest BCUT2D eigenvalue weighted by Crippen LogP contribution is 2.14. The van der Waals surface area contributed by atoms with Gasteiger partial charge in [0, 0.05) is 10.7 Å². The van der Waals surface area contributed by atoms with Gasteiger partial charge in [0.25, 0.3) is 0 Å². The molecule has 1 heterocycles. The van der Waals surface area contributed by atoms with Crippen molar-refractivity contribution in [2.24, 2.45) is 0 Å². The van der Waals surface area contributed by atoms with Gasteiger partial charge in [-0.15, -0.1) is 10.2 Å². The predicted molar refractivity (Wildman–Crippen MR) is 67.1 cm³/mol. The van der Waals surface area contributed by atoms with E-state index in [2.05, 4.69) is 20.9 Å². The van der Waals surface area contributed by atoms with Gasteiger partial charge in [-0.25, -0.2) is 4.68 Å². The van der Waals surface area contributed by atoms with E-state index >= 15 is 0 Å². The molecule has 0 unspecified atom stereocenters. The second kappa shape index (κ2) is 4.91. The molecule has 0 bridgehead atoms. The highest BCUT2D eigenvalue weighted by molar-refractivity contribution is 7.80. The first kappa shape index (κ1) is 10.8.